The van der Waals surface area contributed by atoms with Crippen molar-refractivity contribution in [1.29, 1.82) is 0 Å². The summed E-state index contributed by atoms with van der Waals surface area (Å²) in [6, 6.07) is 5.69. The second-order valence-corrected chi connectivity index (χ2v) is 8.06. The van der Waals surface area contributed by atoms with Gasteiger partial charge in [-0.3, -0.25) is 9.59 Å². The van der Waals surface area contributed by atoms with Crippen LogP contribution in [0.1, 0.15) is 50.5 Å². The van der Waals surface area contributed by atoms with Crippen molar-refractivity contribution in [2.75, 3.05) is 13.1 Å². The standard InChI is InChI=1S/C23H29FN2O4/c24-18-12-10-16(11-13-18)6-4-14-25-22(29)20(27)21(28)23(30)26-15-5-9-19(26)17-7-2-1-3-8-17/h10-13,17,19-21,27-28H,1-3,5,7-9,14-15H2,(H,25,29)/t19?,20-,21-/m1/s1. The molecule has 6 nitrogen and oxygen atoms in total. The number of rotatable bonds is 5. The number of benzene rings is 1. The Balaban J connectivity index is 1.51. The van der Waals surface area contributed by atoms with E-state index in [4.69, 9.17) is 0 Å². The average Bonchev–Trinajstić information content (AvgIpc) is 3.26. The Morgan fingerprint density at radius 2 is 1.77 bits per heavy atom. The molecule has 3 N–H and O–H groups in total. The Morgan fingerprint density at radius 1 is 1.07 bits per heavy atom. The molecular formula is C23H29FN2O4. The fourth-order valence-corrected chi connectivity index (χ4v) is 4.44. The average molecular weight is 416 g/mol. The summed E-state index contributed by atoms with van der Waals surface area (Å²) in [7, 11) is 0. The number of hydrogen-bond donors (Lipinski definition) is 3. The smallest absolute Gasteiger partial charge is 0.254 e. The molecule has 2 fully saturated rings. The van der Waals surface area contributed by atoms with Gasteiger partial charge in [-0.2, -0.15) is 0 Å². The van der Waals surface area contributed by atoms with Crippen molar-refractivity contribution in [2.45, 2.75) is 63.2 Å². The third-order valence-corrected chi connectivity index (χ3v) is 6.02. The summed E-state index contributed by atoms with van der Waals surface area (Å²) in [5.74, 6) is 4.09. The molecule has 3 atom stereocenters. The molecule has 1 saturated carbocycles. The van der Waals surface area contributed by atoms with E-state index in [1.807, 2.05) is 0 Å². The highest BCUT2D eigenvalue weighted by atomic mass is 19.1. The number of nitrogens with one attached hydrogen (secondary N) is 1. The van der Waals surface area contributed by atoms with E-state index in [2.05, 4.69) is 17.2 Å². The van der Waals surface area contributed by atoms with Gasteiger partial charge in [0.2, 0.25) is 0 Å². The number of likely N-dealkylation sites (tertiary alicyclic amines) is 1. The molecule has 1 unspecified atom stereocenters. The van der Waals surface area contributed by atoms with E-state index in [1.165, 1.54) is 30.7 Å². The van der Waals surface area contributed by atoms with Crippen LogP contribution >= 0.6 is 0 Å². The zero-order valence-electron chi connectivity index (χ0n) is 17.0. The zero-order valence-corrected chi connectivity index (χ0v) is 17.0. The van der Waals surface area contributed by atoms with Gasteiger partial charge in [-0.15, -0.1) is 0 Å². The Labute approximate surface area is 176 Å². The van der Waals surface area contributed by atoms with E-state index < -0.39 is 24.0 Å². The Kier molecular flexibility index (Phi) is 7.83. The third kappa shape index (κ3) is 5.59. The first-order chi connectivity index (χ1) is 14.5. The molecule has 1 aliphatic carbocycles. The molecule has 0 radical (unpaired) electrons. The van der Waals surface area contributed by atoms with Crippen LogP contribution in [0.3, 0.4) is 0 Å². The summed E-state index contributed by atoms with van der Waals surface area (Å²) < 4.78 is 12.9. The van der Waals surface area contributed by atoms with Crippen molar-refractivity contribution in [3.63, 3.8) is 0 Å². The van der Waals surface area contributed by atoms with Gasteiger partial charge in [-0.05, 0) is 55.9 Å². The maximum Gasteiger partial charge on any atom is 0.254 e. The summed E-state index contributed by atoms with van der Waals surface area (Å²) in [5, 5.41) is 22.9. The number of carbonyl (C=O) groups is 2. The minimum atomic E-state index is -1.85. The van der Waals surface area contributed by atoms with Crippen molar-refractivity contribution in [3.05, 3.63) is 35.6 Å². The lowest BCUT2D eigenvalue weighted by atomic mass is 9.83. The van der Waals surface area contributed by atoms with Gasteiger partial charge in [0.15, 0.2) is 12.2 Å². The molecular weight excluding hydrogens is 387 g/mol. The highest BCUT2D eigenvalue weighted by Gasteiger charge is 2.40. The second-order valence-electron chi connectivity index (χ2n) is 8.06. The van der Waals surface area contributed by atoms with Crippen LogP contribution in [0.5, 0.6) is 0 Å². The van der Waals surface area contributed by atoms with Crippen LogP contribution < -0.4 is 5.32 Å². The van der Waals surface area contributed by atoms with Crippen LogP contribution in [-0.4, -0.2) is 58.3 Å². The SMILES string of the molecule is O=C(NCC#Cc1ccc(F)cc1)[C@H](O)[C@@H](O)C(=O)N1CCCC1C1CCCCC1. The molecule has 0 bridgehead atoms. The lowest BCUT2D eigenvalue weighted by Gasteiger charge is -2.35. The zero-order chi connectivity index (χ0) is 21.5. The first-order valence-electron chi connectivity index (χ1n) is 10.7. The topological polar surface area (TPSA) is 89.9 Å². The molecule has 2 aliphatic rings. The summed E-state index contributed by atoms with van der Waals surface area (Å²) in [4.78, 5) is 26.6. The molecule has 162 valence electrons. The van der Waals surface area contributed by atoms with Crippen LogP contribution in [-0.2, 0) is 9.59 Å². The monoisotopic (exact) mass is 416 g/mol. The van der Waals surface area contributed by atoms with Gasteiger partial charge in [0.05, 0.1) is 6.54 Å². The van der Waals surface area contributed by atoms with Gasteiger partial charge < -0.3 is 20.4 Å². The van der Waals surface area contributed by atoms with Gasteiger partial charge >= 0.3 is 0 Å². The maximum atomic E-state index is 12.9. The van der Waals surface area contributed by atoms with E-state index in [0.29, 0.717) is 18.0 Å². The Bertz CT molecular complexity index is 796. The van der Waals surface area contributed by atoms with Crippen molar-refractivity contribution in [3.8, 4) is 11.8 Å². The fraction of sp³-hybridized carbons (Fsp3) is 0.565. The molecule has 3 rings (SSSR count). The number of aliphatic hydroxyl groups is 2. The van der Waals surface area contributed by atoms with Crippen LogP contribution in [0.2, 0.25) is 0 Å². The van der Waals surface area contributed by atoms with Crippen LogP contribution in [0, 0.1) is 23.6 Å². The lowest BCUT2D eigenvalue weighted by molar-refractivity contribution is -0.154. The predicted octanol–water partition coefficient (Wildman–Crippen LogP) is 1.59. The highest BCUT2D eigenvalue weighted by Crippen LogP contribution is 2.34. The molecule has 1 aliphatic heterocycles. The van der Waals surface area contributed by atoms with Crippen LogP contribution in [0.25, 0.3) is 0 Å². The summed E-state index contributed by atoms with van der Waals surface area (Å²) in [6.07, 6.45) is 3.86. The molecule has 7 heteroatoms. The molecule has 2 amide bonds. The Morgan fingerprint density at radius 3 is 2.47 bits per heavy atom. The van der Waals surface area contributed by atoms with Crippen molar-refractivity contribution >= 4 is 11.8 Å². The normalized spacial score (nSPS) is 21.4. The summed E-state index contributed by atoms with van der Waals surface area (Å²) in [5.41, 5.74) is 0.587. The number of halogens is 1. The molecule has 0 spiro atoms. The second kappa shape index (κ2) is 10.6. The van der Waals surface area contributed by atoms with Gasteiger partial charge in [0.1, 0.15) is 5.82 Å². The summed E-state index contributed by atoms with van der Waals surface area (Å²) >= 11 is 0. The van der Waals surface area contributed by atoms with E-state index in [0.717, 1.165) is 38.5 Å². The quantitative estimate of drug-likeness (QED) is 0.636. The van der Waals surface area contributed by atoms with Gasteiger partial charge in [0, 0.05) is 18.2 Å². The molecule has 30 heavy (non-hydrogen) atoms. The van der Waals surface area contributed by atoms with Crippen molar-refractivity contribution in [1.82, 2.24) is 10.2 Å². The minimum Gasteiger partial charge on any atom is -0.380 e. The first kappa shape index (κ1) is 22.3. The molecule has 1 aromatic rings. The highest BCUT2D eigenvalue weighted by molar-refractivity contribution is 5.91. The lowest BCUT2D eigenvalue weighted by Crippen LogP contribution is -2.53. The molecule has 0 aromatic heterocycles. The number of nitrogens with zero attached hydrogens (tertiary/aromatic N) is 1. The number of aliphatic hydroxyl groups excluding tert-OH is 2. The van der Waals surface area contributed by atoms with Crippen molar-refractivity contribution < 1.29 is 24.2 Å². The molecule has 1 heterocycles. The number of hydrogen-bond acceptors (Lipinski definition) is 4. The number of carbonyl (C=O) groups excluding carboxylic acids is 2. The number of amides is 2. The summed E-state index contributed by atoms with van der Waals surface area (Å²) in [6.45, 7) is 0.483. The fourth-order valence-electron chi connectivity index (χ4n) is 4.44. The third-order valence-electron chi connectivity index (χ3n) is 6.02. The first-order valence-corrected chi connectivity index (χ1v) is 10.7. The van der Waals surface area contributed by atoms with E-state index in [1.54, 1.807) is 4.90 Å². The largest absolute Gasteiger partial charge is 0.380 e. The van der Waals surface area contributed by atoms with E-state index in [-0.39, 0.29) is 18.4 Å². The van der Waals surface area contributed by atoms with E-state index >= 15 is 0 Å². The minimum absolute atomic E-state index is 0.0669. The van der Waals surface area contributed by atoms with Crippen LogP contribution in [0.15, 0.2) is 24.3 Å². The molecule has 1 aromatic carbocycles. The maximum absolute atomic E-state index is 12.9. The van der Waals surface area contributed by atoms with Gasteiger partial charge in [0.25, 0.3) is 11.8 Å². The van der Waals surface area contributed by atoms with E-state index in [9.17, 15) is 24.2 Å². The van der Waals surface area contributed by atoms with Crippen LogP contribution in [0.4, 0.5) is 4.39 Å². The van der Waals surface area contributed by atoms with Crippen molar-refractivity contribution in [2.24, 2.45) is 5.92 Å². The molecule has 1 saturated heterocycles. The predicted molar refractivity (Wildman–Crippen MR) is 110 cm³/mol. The van der Waals surface area contributed by atoms with Gasteiger partial charge in [-0.25, -0.2) is 4.39 Å². The Hall–Kier alpha value is -2.43. The van der Waals surface area contributed by atoms with Gasteiger partial charge in [-0.1, -0.05) is 31.1 Å².